The Kier molecular flexibility index (Phi) is 8.64. The average Bonchev–Trinajstić information content (AvgIpc) is 3.16. The van der Waals surface area contributed by atoms with Crippen molar-refractivity contribution in [3.05, 3.63) is 24.0 Å². The van der Waals surface area contributed by atoms with Crippen LogP contribution in [0.25, 0.3) is 0 Å². The second kappa shape index (κ2) is 10.5. The Morgan fingerprint density at radius 1 is 1.45 bits per heavy atom. The first-order valence-electron chi connectivity index (χ1n) is 10.5. The minimum Gasteiger partial charge on any atom is -0.491 e. The number of methoxy groups -OCH3 is 1. The molecule has 7 heteroatoms. The van der Waals surface area contributed by atoms with E-state index < -0.39 is 42.0 Å². The topological polar surface area (TPSA) is 76.0 Å². The molecule has 0 aromatic heterocycles. The Balaban J connectivity index is 1.98. The highest BCUT2D eigenvalue weighted by molar-refractivity contribution is 5.69. The molecule has 1 heterocycles. The second-order valence-electron chi connectivity index (χ2n) is 8.30. The predicted octanol–water partition coefficient (Wildman–Crippen LogP) is 3.78. The van der Waals surface area contributed by atoms with Crippen LogP contribution in [0.3, 0.4) is 0 Å². The summed E-state index contributed by atoms with van der Waals surface area (Å²) in [5.41, 5.74) is -1.76. The van der Waals surface area contributed by atoms with Crippen LogP contribution < -0.4 is 0 Å². The third-order valence-corrected chi connectivity index (χ3v) is 6.00. The number of allylic oxidation sites excluding steroid dienone is 2. The molecule has 0 aromatic rings. The van der Waals surface area contributed by atoms with Crippen LogP contribution in [-0.2, 0) is 14.3 Å². The van der Waals surface area contributed by atoms with Gasteiger partial charge in [0.25, 0.3) is 0 Å². The van der Waals surface area contributed by atoms with Crippen LogP contribution in [-0.4, -0.2) is 53.4 Å². The molecule has 0 spiro atoms. The normalized spacial score (nSPS) is 33.5. The molecule has 1 saturated heterocycles. The van der Waals surface area contributed by atoms with E-state index in [4.69, 9.17) is 4.74 Å². The van der Waals surface area contributed by atoms with Gasteiger partial charge in [-0.25, -0.2) is 8.78 Å². The number of halogens is 2. The third-order valence-electron chi connectivity index (χ3n) is 6.00. The van der Waals surface area contributed by atoms with Gasteiger partial charge in [-0.15, -0.1) is 0 Å². The number of ether oxygens (including phenoxy) is 2. The molecule has 1 aliphatic heterocycles. The number of aliphatic hydroxyl groups is 2. The Labute approximate surface area is 171 Å². The molecule has 5 nitrogen and oxygen atoms in total. The zero-order valence-electron chi connectivity index (χ0n) is 17.5. The van der Waals surface area contributed by atoms with E-state index in [-0.39, 0.29) is 24.6 Å². The molecular weight excluding hydrogens is 382 g/mol. The van der Waals surface area contributed by atoms with Gasteiger partial charge in [0, 0.05) is 24.7 Å². The third kappa shape index (κ3) is 6.01. The van der Waals surface area contributed by atoms with Gasteiger partial charge < -0.3 is 19.7 Å². The molecular formula is C22H34F2O5. The maximum atomic E-state index is 15.0. The van der Waals surface area contributed by atoms with E-state index in [2.05, 4.69) is 4.74 Å². The fraction of sp³-hybridized carbons (Fsp3) is 0.773. The maximum Gasteiger partial charge on any atom is 0.305 e. The predicted molar refractivity (Wildman–Crippen MR) is 106 cm³/mol. The smallest absolute Gasteiger partial charge is 0.305 e. The lowest BCUT2D eigenvalue weighted by molar-refractivity contribution is -0.140. The summed E-state index contributed by atoms with van der Waals surface area (Å²) in [5.74, 6) is -1.20. The lowest BCUT2D eigenvalue weighted by atomic mass is 9.87. The van der Waals surface area contributed by atoms with E-state index >= 15 is 0 Å². The number of aliphatic hydroxyl groups excluding tert-OH is 2. The summed E-state index contributed by atoms with van der Waals surface area (Å²) >= 11 is 0. The highest BCUT2D eigenvalue weighted by atomic mass is 19.1. The van der Waals surface area contributed by atoms with E-state index in [0.717, 1.165) is 6.42 Å². The number of rotatable bonds is 10. The van der Waals surface area contributed by atoms with E-state index in [1.165, 1.54) is 20.1 Å². The summed E-state index contributed by atoms with van der Waals surface area (Å²) in [6, 6.07) is 0. The number of alkyl halides is 2. The Morgan fingerprint density at radius 2 is 2.17 bits per heavy atom. The van der Waals surface area contributed by atoms with E-state index in [0.29, 0.717) is 25.7 Å². The van der Waals surface area contributed by atoms with Crippen LogP contribution in [0, 0.1) is 11.8 Å². The van der Waals surface area contributed by atoms with E-state index in [1.807, 2.05) is 6.92 Å². The average molecular weight is 417 g/mol. The molecule has 7 atom stereocenters. The van der Waals surface area contributed by atoms with Gasteiger partial charge in [0.15, 0.2) is 6.17 Å². The molecule has 2 fully saturated rings. The molecule has 2 aliphatic rings. The quantitative estimate of drug-likeness (QED) is 0.322. The molecule has 2 unspecified atom stereocenters. The van der Waals surface area contributed by atoms with Gasteiger partial charge in [-0.1, -0.05) is 31.9 Å². The molecule has 0 bridgehead atoms. The van der Waals surface area contributed by atoms with Gasteiger partial charge in [0.05, 0.1) is 13.2 Å². The Morgan fingerprint density at radius 3 is 2.83 bits per heavy atom. The van der Waals surface area contributed by atoms with Crippen LogP contribution in [0.1, 0.15) is 58.8 Å². The fourth-order valence-corrected chi connectivity index (χ4v) is 4.11. The van der Waals surface area contributed by atoms with Crippen molar-refractivity contribution in [2.75, 3.05) is 7.11 Å². The summed E-state index contributed by atoms with van der Waals surface area (Å²) in [6.07, 6.45) is 3.91. The summed E-state index contributed by atoms with van der Waals surface area (Å²) in [5, 5.41) is 20.5. The van der Waals surface area contributed by atoms with Crippen molar-refractivity contribution in [2.24, 2.45) is 11.8 Å². The molecule has 2 N–H and O–H groups in total. The largest absolute Gasteiger partial charge is 0.491 e. The van der Waals surface area contributed by atoms with Gasteiger partial charge >= 0.3 is 5.97 Å². The number of hydrogen-bond acceptors (Lipinski definition) is 5. The minimum absolute atomic E-state index is 0.231. The van der Waals surface area contributed by atoms with Crippen molar-refractivity contribution in [1.82, 2.24) is 0 Å². The van der Waals surface area contributed by atoms with Crippen molar-refractivity contribution in [1.29, 1.82) is 0 Å². The van der Waals surface area contributed by atoms with Crippen LogP contribution in [0.2, 0.25) is 0 Å². The summed E-state index contributed by atoms with van der Waals surface area (Å²) in [6.45, 7) is 3.31. The van der Waals surface area contributed by atoms with E-state index in [9.17, 15) is 23.8 Å². The number of hydrogen-bond donors (Lipinski definition) is 2. The van der Waals surface area contributed by atoms with Crippen molar-refractivity contribution in [3.63, 3.8) is 0 Å². The van der Waals surface area contributed by atoms with Gasteiger partial charge in [-0.05, 0) is 32.3 Å². The van der Waals surface area contributed by atoms with Crippen LogP contribution >= 0.6 is 0 Å². The molecule has 0 radical (unpaired) electrons. The molecule has 0 aromatic carbocycles. The highest BCUT2D eigenvalue weighted by Crippen LogP contribution is 2.47. The van der Waals surface area contributed by atoms with Crippen molar-refractivity contribution < 1.29 is 33.3 Å². The molecule has 29 heavy (non-hydrogen) atoms. The van der Waals surface area contributed by atoms with Gasteiger partial charge in [0.2, 0.25) is 0 Å². The molecule has 0 amide bonds. The fourth-order valence-electron chi connectivity index (χ4n) is 4.11. The minimum atomic E-state index is -1.76. The van der Waals surface area contributed by atoms with Gasteiger partial charge in [-0.3, -0.25) is 4.79 Å². The van der Waals surface area contributed by atoms with Crippen LogP contribution in [0.4, 0.5) is 8.78 Å². The number of unbranched alkanes of at least 4 members (excludes halogenated alkanes) is 2. The summed E-state index contributed by atoms with van der Waals surface area (Å²) in [4.78, 5) is 11.1. The van der Waals surface area contributed by atoms with E-state index in [1.54, 1.807) is 12.2 Å². The first-order chi connectivity index (χ1) is 13.7. The standard InChI is InChI=1S/C22H34F2O5/c1-4-5-12-22(2,24)18(26)11-10-14-15(25)13-17-20(14)21(23)16(29-17)8-6-7-9-19(27)28-3/h8,10-11,14-15,17-18,20-21,25-26H,4-7,9,12-13H2,1-3H3/b11-10+,16-8-/t14-,15+,17-,18+,20+,21?,22?/m0/s1. The first-order valence-corrected chi connectivity index (χ1v) is 10.5. The molecule has 2 rings (SSSR count). The maximum absolute atomic E-state index is 15.0. The first kappa shape index (κ1) is 23.8. The Hall–Kier alpha value is -1.47. The lowest BCUT2D eigenvalue weighted by Gasteiger charge is -2.25. The van der Waals surface area contributed by atoms with Crippen molar-refractivity contribution in [3.8, 4) is 0 Å². The lowest BCUT2D eigenvalue weighted by Crippen LogP contribution is -2.33. The second-order valence-corrected chi connectivity index (χ2v) is 8.30. The number of fused-ring (bicyclic) bond motifs is 1. The Bertz CT molecular complexity index is 604. The van der Waals surface area contributed by atoms with Gasteiger partial charge in [0.1, 0.15) is 23.6 Å². The summed E-state index contributed by atoms with van der Waals surface area (Å²) < 4.78 is 39.8. The highest BCUT2D eigenvalue weighted by Gasteiger charge is 2.53. The zero-order valence-corrected chi connectivity index (χ0v) is 17.5. The molecule has 1 saturated carbocycles. The number of carbonyl (C=O) groups is 1. The molecule has 1 aliphatic carbocycles. The zero-order chi connectivity index (χ0) is 21.6. The summed E-state index contributed by atoms with van der Waals surface area (Å²) in [7, 11) is 1.32. The monoisotopic (exact) mass is 416 g/mol. The van der Waals surface area contributed by atoms with Crippen molar-refractivity contribution in [2.45, 2.75) is 88.9 Å². The SMILES string of the molecule is CCCCC(C)(F)[C@H](O)/C=C/[C@@H]1[C@H]2C(F)/C(=C/CCCC(=O)OC)O[C@H]2C[C@H]1O. The number of carbonyl (C=O) groups excluding carboxylic acids is 1. The number of esters is 1. The van der Waals surface area contributed by atoms with Gasteiger partial charge in [-0.2, -0.15) is 0 Å². The van der Waals surface area contributed by atoms with Crippen molar-refractivity contribution >= 4 is 5.97 Å². The van der Waals surface area contributed by atoms with Crippen LogP contribution in [0.5, 0.6) is 0 Å². The molecule has 166 valence electrons. The van der Waals surface area contributed by atoms with Crippen LogP contribution in [0.15, 0.2) is 24.0 Å².